The van der Waals surface area contributed by atoms with Crippen LogP contribution in [-0.2, 0) is 16.4 Å². The van der Waals surface area contributed by atoms with Gasteiger partial charge in [0.05, 0.1) is 26.2 Å². The molecule has 7 heteroatoms. The highest BCUT2D eigenvalue weighted by molar-refractivity contribution is 7.89. The van der Waals surface area contributed by atoms with E-state index in [1.807, 2.05) is 12.1 Å². The van der Waals surface area contributed by atoms with E-state index in [1.54, 1.807) is 46.5 Å². The number of aryl methyl sites for hydroxylation is 2. The Hall–Kier alpha value is -2.25. The van der Waals surface area contributed by atoms with Gasteiger partial charge in [-0.05, 0) is 72.7 Å². The molecule has 0 saturated carbocycles. The molecule has 0 saturated heterocycles. The molecule has 0 aromatic heterocycles. The van der Waals surface area contributed by atoms with Crippen molar-refractivity contribution in [3.05, 3.63) is 47.0 Å². The first kappa shape index (κ1) is 19.5. The molecule has 0 bridgehead atoms. The van der Waals surface area contributed by atoms with Gasteiger partial charge >= 0.3 is 0 Å². The van der Waals surface area contributed by atoms with Crippen molar-refractivity contribution in [2.75, 3.05) is 27.9 Å². The van der Waals surface area contributed by atoms with Crippen molar-refractivity contribution >= 4 is 10.0 Å². The normalized spacial score (nSPS) is 16.1. The third kappa shape index (κ3) is 3.89. The molecule has 0 radical (unpaired) electrons. The monoisotopic (exact) mass is 391 g/mol. The SMILES string of the molecule is COc1ccc(S(=O)(=O)NCC2CCc3cc(OC)c(OC)cc32)c(C)c1. The van der Waals surface area contributed by atoms with Crippen molar-refractivity contribution in [2.24, 2.45) is 0 Å². The zero-order valence-electron chi connectivity index (χ0n) is 16.0. The van der Waals surface area contributed by atoms with Gasteiger partial charge in [0.1, 0.15) is 5.75 Å². The number of benzene rings is 2. The van der Waals surface area contributed by atoms with E-state index >= 15 is 0 Å². The van der Waals surface area contributed by atoms with Gasteiger partial charge < -0.3 is 14.2 Å². The number of nitrogens with one attached hydrogen (secondary N) is 1. The van der Waals surface area contributed by atoms with Crippen molar-refractivity contribution in [1.82, 2.24) is 4.72 Å². The van der Waals surface area contributed by atoms with Crippen LogP contribution in [0.25, 0.3) is 0 Å². The zero-order chi connectivity index (χ0) is 19.6. The maximum absolute atomic E-state index is 12.7. The Morgan fingerprint density at radius 2 is 1.74 bits per heavy atom. The number of methoxy groups -OCH3 is 3. The Bertz CT molecular complexity index is 940. The molecule has 0 aliphatic heterocycles. The van der Waals surface area contributed by atoms with Crippen molar-refractivity contribution in [2.45, 2.75) is 30.6 Å². The molecule has 2 aromatic carbocycles. The van der Waals surface area contributed by atoms with Crippen LogP contribution in [-0.4, -0.2) is 36.3 Å². The molecular weight excluding hydrogens is 366 g/mol. The van der Waals surface area contributed by atoms with Gasteiger partial charge in [-0.25, -0.2) is 13.1 Å². The molecule has 146 valence electrons. The summed E-state index contributed by atoms with van der Waals surface area (Å²) in [5.41, 5.74) is 2.94. The van der Waals surface area contributed by atoms with E-state index in [4.69, 9.17) is 14.2 Å². The fourth-order valence-corrected chi connectivity index (χ4v) is 4.88. The number of hydrogen-bond donors (Lipinski definition) is 1. The van der Waals surface area contributed by atoms with Crippen molar-refractivity contribution in [3.63, 3.8) is 0 Å². The molecule has 1 N–H and O–H groups in total. The average molecular weight is 391 g/mol. The number of fused-ring (bicyclic) bond motifs is 1. The molecule has 2 aromatic rings. The van der Waals surface area contributed by atoms with Crippen LogP contribution >= 0.6 is 0 Å². The topological polar surface area (TPSA) is 73.9 Å². The van der Waals surface area contributed by atoms with Crippen molar-refractivity contribution in [1.29, 1.82) is 0 Å². The standard InChI is InChI=1S/C20H25NO5S/c1-13-9-16(24-2)7-8-20(13)27(22,23)21-12-15-6-5-14-10-18(25-3)19(26-4)11-17(14)15/h7-11,15,21H,5-6,12H2,1-4H3. The predicted molar refractivity (Wildman–Crippen MR) is 104 cm³/mol. The lowest BCUT2D eigenvalue weighted by Gasteiger charge is -2.16. The molecular formula is C20H25NO5S. The van der Waals surface area contributed by atoms with Gasteiger partial charge in [0.2, 0.25) is 10.0 Å². The second-order valence-electron chi connectivity index (χ2n) is 6.62. The Labute approximate surface area is 160 Å². The van der Waals surface area contributed by atoms with Crippen LogP contribution in [0.3, 0.4) is 0 Å². The van der Waals surface area contributed by atoms with Gasteiger partial charge in [0, 0.05) is 6.54 Å². The van der Waals surface area contributed by atoms with Crippen LogP contribution in [0, 0.1) is 6.92 Å². The van der Waals surface area contributed by atoms with E-state index in [9.17, 15) is 8.42 Å². The average Bonchev–Trinajstić information content (AvgIpc) is 3.06. The summed E-state index contributed by atoms with van der Waals surface area (Å²) in [7, 11) is 1.18. The second kappa shape index (κ2) is 7.78. The molecule has 1 aliphatic carbocycles. The number of ether oxygens (including phenoxy) is 3. The summed E-state index contributed by atoms with van der Waals surface area (Å²) >= 11 is 0. The minimum Gasteiger partial charge on any atom is -0.497 e. The number of sulfonamides is 1. The second-order valence-corrected chi connectivity index (χ2v) is 8.36. The summed E-state index contributed by atoms with van der Waals surface area (Å²) in [5.74, 6) is 2.11. The molecule has 0 amide bonds. The Morgan fingerprint density at radius 1 is 1.04 bits per heavy atom. The largest absolute Gasteiger partial charge is 0.497 e. The van der Waals surface area contributed by atoms with Crippen molar-refractivity contribution < 1.29 is 22.6 Å². The fraction of sp³-hybridized carbons (Fsp3) is 0.400. The van der Waals surface area contributed by atoms with E-state index in [1.165, 1.54) is 5.56 Å². The third-order valence-corrected chi connectivity index (χ3v) is 6.62. The highest BCUT2D eigenvalue weighted by Gasteiger charge is 2.27. The summed E-state index contributed by atoms with van der Waals surface area (Å²) in [6, 6.07) is 8.89. The van der Waals surface area contributed by atoms with E-state index in [0.29, 0.717) is 29.4 Å². The highest BCUT2D eigenvalue weighted by atomic mass is 32.2. The summed E-state index contributed by atoms with van der Waals surface area (Å²) < 4.78 is 44.1. The molecule has 1 unspecified atom stereocenters. The van der Waals surface area contributed by atoms with Gasteiger partial charge in [0.15, 0.2) is 11.5 Å². The molecule has 1 aliphatic rings. The van der Waals surface area contributed by atoms with E-state index in [0.717, 1.165) is 18.4 Å². The number of hydrogen-bond acceptors (Lipinski definition) is 5. The predicted octanol–water partition coefficient (Wildman–Crippen LogP) is 3.03. The van der Waals surface area contributed by atoms with E-state index in [2.05, 4.69) is 4.72 Å². The van der Waals surface area contributed by atoms with Gasteiger partial charge in [-0.1, -0.05) is 0 Å². The molecule has 0 spiro atoms. The van der Waals surface area contributed by atoms with Crippen LogP contribution in [0.5, 0.6) is 17.2 Å². The lowest BCUT2D eigenvalue weighted by Crippen LogP contribution is -2.28. The van der Waals surface area contributed by atoms with Crippen LogP contribution in [0.15, 0.2) is 35.2 Å². The Balaban J connectivity index is 1.79. The van der Waals surface area contributed by atoms with E-state index < -0.39 is 10.0 Å². The summed E-state index contributed by atoms with van der Waals surface area (Å²) in [6.07, 6.45) is 1.78. The lowest BCUT2D eigenvalue weighted by molar-refractivity contribution is 0.354. The minimum absolute atomic E-state index is 0.105. The Kier molecular flexibility index (Phi) is 5.62. The summed E-state index contributed by atoms with van der Waals surface area (Å²) in [6.45, 7) is 2.11. The molecule has 0 fully saturated rings. The van der Waals surface area contributed by atoms with E-state index in [-0.39, 0.29) is 10.8 Å². The maximum atomic E-state index is 12.7. The first-order valence-electron chi connectivity index (χ1n) is 8.78. The minimum atomic E-state index is -3.60. The van der Waals surface area contributed by atoms with Gasteiger partial charge in [-0.3, -0.25) is 0 Å². The zero-order valence-corrected chi connectivity index (χ0v) is 16.9. The molecule has 0 heterocycles. The van der Waals surface area contributed by atoms with Gasteiger partial charge in [-0.2, -0.15) is 0 Å². The van der Waals surface area contributed by atoms with Crippen LogP contribution in [0.4, 0.5) is 0 Å². The van der Waals surface area contributed by atoms with Gasteiger partial charge in [-0.15, -0.1) is 0 Å². The molecule has 6 nitrogen and oxygen atoms in total. The third-order valence-electron chi connectivity index (χ3n) is 5.04. The first-order valence-corrected chi connectivity index (χ1v) is 10.3. The van der Waals surface area contributed by atoms with Crippen LogP contribution < -0.4 is 18.9 Å². The first-order chi connectivity index (χ1) is 12.9. The molecule has 1 atom stereocenters. The highest BCUT2D eigenvalue weighted by Crippen LogP contribution is 2.40. The van der Waals surface area contributed by atoms with Crippen LogP contribution in [0.1, 0.15) is 29.0 Å². The molecule has 3 rings (SSSR count). The summed E-state index contributed by atoms with van der Waals surface area (Å²) in [5, 5.41) is 0. The molecule has 27 heavy (non-hydrogen) atoms. The van der Waals surface area contributed by atoms with Crippen molar-refractivity contribution in [3.8, 4) is 17.2 Å². The van der Waals surface area contributed by atoms with Crippen LogP contribution in [0.2, 0.25) is 0 Å². The van der Waals surface area contributed by atoms with Gasteiger partial charge in [0.25, 0.3) is 0 Å². The number of rotatable bonds is 7. The summed E-state index contributed by atoms with van der Waals surface area (Å²) in [4.78, 5) is 0.272. The maximum Gasteiger partial charge on any atom is 0.240 e. The smallest absolute Gasteiger partial charge is 0.240 e. The quantitative estimate of drug-likeness (QED) is 0.785. The fourth-order valence-electron chi connectivity index (χ4n) is 3.57. The Morgan fingerprint density at radius 3 is 2.37 bits per heavy atom. The lowest BCUT2D eigenvalue weighted by atomic mass is 10.0.